The van der Waals surface area contributed by atoms with Crippen LogP contribution in [0.3, 0.4) is 0 Å². The molecule has 0 aliphatic rings. The number of aromatic nitrogens is 1. The Bertz CT molecular complexity index is 665. The number of aliphatic hydroxyl groups excluding tert-OH is 1. The highest BCUT2D eigenvalue weighted by Gasteiger charge is 2.41. The summed E-state index contributed by atoms with van der Waals surface area (Å²) in [7, 11) is 0. The molecule has 0 fully saturated rings. The van der Waals surface area contributed by atoms with E-state index in [4.69, 9.17) is 5.73 Å². The molecule has 1 aromatic rings. The summed E-state index contributed by atoms with van der Waals surface area (Å²) in [5.74, 6) is -1.03. The molecule has 5 N–H and O–H groups in total. The molecule has 0 spiro atoms. The number of carbonyl (C=O) groups excluding carboxylic acids is 2. The van der Waals surface area contributed by atoms with Crippen LogP contribution in [-0.2, 0) is 11.3 Å². The second-order valence-electron chi connectivity index (χ2n) is 7.84. The Morgan fingerprint density at radius 3 is 2.43 bits per heavy atom. The minimum atomic E-state index is -1.67. The Kier molecular flexibility index (Phi) is 9.20. The minimum Gasteiger partial charge on any atom is -0.393 e. The maximum absolute atomic E-state index is 13.0. The number of hydrogen-bond acceptors (Lipinski definition) is 6. The van der Waals surface area contributed by atoms with Crippen molar-refractivity contribution >= 4 is 11.7 Å². The summed E-state index contributed by atoms with van der Waals surface area (Å²) in [6.07, 6.45) is 1.93. The van der Waals surface area contributed by atoms with Crippen LogP contribution in [0, 0.1) is 11.8 Å². The highest BCUT2D eigenvalue weighted by molar-refractivity contribution is 6.02. The molecule has 1 aromatic heterocycles. The maximum atomic E-state index is 13.0. The second-order valence-corrected chi connectivity index (χ2v) is 7.84. The molecule has 1 heterocycles. The molecule has 0 bridgehead atoms. The van der Waals surface area contributed by atoms with Crippen LogP contribution in [0.5, 0.6) is 0 Å². The van der Waals surface area contributed by atoms with Gasteiger partial charge in [0, 0.05) is 18.2 Å². The quantitative estimate of drug-likeness (QED) is 0.425. The fraction of sp³-hybridized carbons (Fsp3) is 0.667. The molecular formula is C21H35N3O4. The number of pyridine rings is 1. The lowest BCUT2D eigenvalue weighted by molar-refractivity contribution is -0.123. The van der Waals surface area contributed by atoms with Gasteiger partial charge in [0.2, 0.25) is 5.91 Å². The van der Waals surface area contributed by atoms with Crippen LogP contribution in [0.2, 0.25) is 0 Å². The number of nitrogens with two attached hydrogens (primary N) is 1. The number of aliphatic hydroxyl groups is 2. The zero-order valence-corrected chi connectivity index (χ0v) is 17.6. The number of rotatable bonds is 11. The first-order valence-corrected chi connectivity index (χ1v) is 10.00. The standard InChI is InChI=1S/C21H35N3O4/c1-6-14(5)18(22)20(27)24-12-16-10-15(8-9-23-16)19(26)21(28,13(3)4)11-17(25)7-2/h8-10,13-14,17-18,25,28H,6-7,11-12,22H2,1-5H3,(H,24,27)/t14-,17+,18-,21+/m0/s1. The van der Waals surface area contributed by atoms with Crippen LogP contribution in [0.4, 0.5) is 0 Å². The van der Waals surface area contributed by atoms with Gasteiger partial charge in [-0.05, 0) is 30.4 Å². The van der Waals surface area contributed by atoms with Crippen molar-refractivity contribution in [2.45, 2.75) is 78.2 Å². The molecule has 1 rings (SSSR count). The SMILES string of the molecule is CC[C@@H](O)C[C@](O)(C(=O)c1ccnc(CNC(=O)[C@@H](N)[C@@H](C)CC)c1)C(C)C. The summed E-state index contributed by atoms with van der Waals surface area (Å²) >= 11 is 0. The van der Waals surface area contributed by atoms with Crippen LogP contribution < -0.4 is 11.1 Å². The lowest BCUT2D eigenvalue weighted by atomic mass is 9.78. The summed E-state index contributed by atoms with van der Waals surface area (Å²) in [6.45, 7) is 9.33. The Morgan fingerprint density at radius 1 is 1.25 bits per heavy atom. The average molecular weight is 394 g/mol. The van der Waals surface area contributed by atoms with Crippen molar-refractivity contribution in [1.29, 1.82) is 0 Å². The van der Waals surface area contributed by atoms with Gasteiger partial charge in [0.15, 0.2) is 5.78 Å². The maximum Gasteiger partial charge on any atom is 0.237 e. The summed E-state index contributed by atoms with van der Waals surface area (Å²) in [6, 6.07) is 2.49. The van der Waals surface area contributed by atoms with Gasteiger partial charge in [-0.3, -0.25) is 14.6 Å². The van der Waals surface area contributed by atoms with Crippen LogP contribution in [0.25, 0.3) is 0 Å². The molecule has 0 saturated heterocycles. The average Bonchev–Trinajstić information content (AvgIpc) is 2.69. The Morgan fingerprint density at radius 2 is 1.89 bits per heavy atom. The summed E-state index contributed by atoms with van der Waals surface area (Å²) in [5.41, 5.74) is 5.04. The van der Waals surface area contributed by atoms with Crippen LogP contribution in [0.15, 0.2) is 18.3 Å². The van der Waals surface area contributed by atoms with E-state index in [0.29, 0.717) is 17.7 Å². The van der Waals surface area contributed by atoms with E-state index in [1.807, 2.05) is 13.8 Å². The molecule has 7 heteroatoms. The van der Waals surface area contributed by atoms with Gasteiger partial charge in [-0.1, -0.05) is 41.0 Å². The number of amides is 1. The predicted molar refractivity (Wildman–Crippen MR) is 109 cm³/mol. The van der Waals surface area contributed by atoms with E-state index < -0.39 is 23.5 Å². The van der Waals surface area contributed by atoms with E-state index in [1.165, 1.54) is 12.3 Å². The third-order valence-electron chi connectivity index (χ3n) is 5.45. The summed E-state index contributed by atoms with van der Waals surface area (Å²) < 4.78 is 0. The first-order valence-electron chi connectivity index (χ1n) is 10.00. The molecule has 1 amide bonds. The fourth-order valence-corrected chi connectivity index (χ4v) is 2.87. The number of hydrogen-bond donors (Lipinski definition) is 4. The second kappa shape index (κ2) is 10.6. The minimum absolute atomic E-state index is 0.0296. The molecule has 158 valence electrons. The predicted octanol–water partition coefficient (Wildman–Crippen LogP) is 1.80. The fourth-order valence-electron chi connectivity index (χ4n) is 2.87. The molecule has 0 aliphatic carbocycles. The van der Waals surface area contributed by atoms with Gasteiger partial charge >= 0.3 is 0 Å². The van der Waals surface area contributed by atoms with Crippen molar-refractivity contribution in [3.63, 3.8) is 0 Å². The Labute approximate surface area is 167 Å². The van der Waals surface area contributed by atoms with Crippen molar-refractivity contribution in [2.24, 2.45) is 17.6 Å². The lowest BCUT2D eigenvalue weighted by Crippen LogP contribution is -2.46. The van der Waals surface area contributed by atoms with Crippen LogP contribution in [-0.4, -0.2) is 44.6 Å². The van der Waals surface area contributed by atoms with Gasteiger partial charge in [0.25, 0.3) is 0 Å². The normalized spacial score (nSPS) is 16.9. The molecule has 4 atom stereocenters. The van der Waals surface area contributed by atoms with Crippen molar-refractivity contribution in [1.82, 2.24) is 10.3 Å². The summed E-state index contributed by atoms with van der Waals surface area (Å²) in [4.78, 5) is 29.3. The lowest BCUT2D eigenvalue weighted by Gasteiger charge is -2.32. The van der Waals surface area contributed by atoms with E-state index in [0.717, 1.165) is 6.42 Å². The number of nitrogens with one attached hydrogen (secondary N) is 1. The van der Waals surface area contributed by atoms with E-state index >= 15 is 0 Å². The number of nitrogens with zero attached hydrogens (tertiary/aromatic N) is 1. The molecule has 28 heavy (non-hydrogen) atoms. The van der Waals surface area contributed by atoms with Crippen LogP contribution in [0.1, 0.15) is 69.9 Å². The smallest absolute Gasteiger partial charge is 0.237 e. The van der Waals surface area contributed by atoms with Crippen LogP contribution >= 0.6 is 0 Å². The topological polar surface area (TPSA) is 126 Å². The Hall–Kier alpha value is -1.83. The molecule has 0 radical (unpaired) electrons. The molecule has 7 nitrogen and oxygen atoms in total. The van der Waals surface area contributed by atoms with E-state index in [-0.39, 0.29) is 30.7 Å². The number of Topliss-reactive ketones (excluding diaryl/α,β-unsaturated/α-hetero) is 1. The highest BCUT2D eigenvalue weighted by Crippen LogP contribution is 2.28. The largest absolute Gasteiger partial charge is 0.393 e. The monoisotopic (exact) mass is 393 g/mol. The van der Waals surface area contributed by atoms with Gasteiger partial charge in [-0.2, -0.15) is 0 Å². The zero-order chi connectivity index (χ0) is 21.5. The third kappa shape index (κ3) is 6.09. The first-order chi connectivity index (χ1) is 13.1. The van der Waals surface area contributed by atoms with Gasteiger partial charge in [0.05, 0.1) is 24.4 Å². The van der Waals surface area contributed by atoms with E-state index in [2.05, 4.69) is 10.3 Å². The molecule has 0 aromatic carbocycles. The third-order valence-corrected chi connectivity index (χ3v) is 5.45. The first kappa shape index (κ1) is 24.2. The van der Waals surface area contributed by atoms with Gasteiger partial charge < -0.3 is 21.3 Å². The molecule has 0 saturated carbocycles. The highest BCUT2D eigenvalue weighted by atomic mass is 16.3. The van der Waals surface area contributed by atoms with Crippen molar-refractivity contribution in [3.05, 3.63) is 29.6 Å². The van der Waals surface area contributed by atoms with Crippen molar-refractivity contribution in [2.75, 3.05) is 0 Å². The van der Waals surface area contributed by atoms with Gasteiger partial charge in [-0.25, -0.2) is 0 Å². The number of carbonyl (C=O) groups is 2. The zero-order valence-electron chi connectivity index (χ0n) is 17.6. The summed E-state index contributed by atoms with van der Waals surface area (Å²) in [5, 5.41) is 23.7. The molecule has 0 aliphatic heterocycles. The van der Waals surface area contributed by atoms with E-state index in [9.17, 15) is 19.8 Å². The van der Waals surface area contributed by atoms with E-state index in [1.54, 1.807) is 26.8 Å². The van der Waals surface area contributed by atoms with Gasteiger partial charge in [-0.15, -0.1) is 0 Å². The molecular weight excluding hydrogens is 358 g/mol. The van der Waals surface area contributed by atoms with Crippen molar-refractivity contribution in [3.8, 4) is 0 Å². The Balaban J connectivity index is 2.94. The van der Waals surface area contributed by atoms with Crippen molar-refractivity contribution < 1.29 is 19.8 Å². The molecule has 0 unspecified atom stereocenters. The number of ketones is 1. The van der Waals surface area contributed by atoms with Gasteiger partial charge in [0.1, 0.15) is 5.60 Å².